The number of rotatable bonds is 3. The lowest BCUT2D eigenvalue weighted by Crippen LogP contribution is -2.30. The van der Waals surface area contributed by atoms with Crippen LogP contribution in [0.2, 0.25) is 0 Å². The maximum absolute atomic E-state index is 12.0. The van der Waals surface area contributed by atoms with Crippen LogP contribution in [0.1, 0.15) is 48.0 Å². The molecule has 0 aromatic heterocycles. The predicted octanol–water partition coefficient (Wildman–Crippen LogP) is 3.01. The molecule has 1 aliphatic rings. The first-order valence-corrected chi connectivity index (χ1v) is 6.74. The summed E-state index contributed by atoms with van der Waals surface area (Å²) in [5.41, 5.74) is 1.36. The molecule has 1 fully saturated rings. The van der Waals surface area contributed by atoms with Crippen LogP contribution in [0.4, 0.5) is 0 Å². The average Bonchev–Trinajstić information content (AvgIpc) is 2.40. The van der Waals surface area contributed by atoms with Crippen molar-refractivity contribution in [3.05, 3.63) is 29.3 Å². The van der Waals surface area contributed by atoms with Crippen molar-refractivity contribution in [2.75, 3.05) is 6.54 Å². The Hall–Kier alpha value is -1.51. The SMILES string of the molecule is Cc1ccc(O)c(C(=O)NCC2CCCCC2)c1. The van der Waals surface area contributed by atoms with E-state index in [1.807, 2.05) is 6.92 Å². The van der Waals surface area contributed by atoms with Crippen LogP contribution in [-0.4, -0.2) is 17.6 Å². The second kappa shape index (κ2) is 5.89. The molecule has 1 aromatic carbocycles. The fourth-order valence-electron chi connectivity index (χ4n) is 2.56. The van der Waals surface area contributed by atoms with E-state index in [0.717, 1.165) is 12.1 Å². The van der Waals surface area contributed by atoms with Crippen molar-refractivity contribution in [2.45, 2.75) is 39.0 Å². The van der Waals surface area contributed by atoms with Crippen molar-refractivity contribution in [3.63, 3.8) is 0 Å². The van der Waals surface area contributed by atoms with Gasteiger partial charge >= 0.3 is 0 Å². The number of carbonyl (C=O) groups is 1. The van der Waals surface area contributed by atoms with E-state index in [1.165, 1.54) is 32.1 Å². The molecule has 0 unspecified atom stereocenters. The Morgan fingerprint density at radius 2 is 2.06 bits per heavy atom. The molecule has 98 valence electrons. The van der Waals surface area contributed by atoms with E-state index in [-0.39, 0.29) is 11.7 Å². The van der Waals surface area contributed by atoms with Crippen molar-refractivity contribution < 1.29 is 9.90 Å². The summed E-state index contributed by atoms with van der Waals surface area (Å²) in [4.78, 5) is 12.0. The highest BCUT2D eigenvalue weighted by Crippen LogP contribution is 2.23. The Balaban J connectivity index is 1.92. The number of phenolic OH excluding ortho intramolecular Hbond substituents is 1. The van der Waals surface area contributed by atoms with Gasteiger partial charge in [-0.1, -0.05) is 30.9 Å². The van der Waals surface area contributed by atoms with Crippen molar-refractivity contribution in [1.29, 1.82) is 0 Å². The summed E-state index contributed by atoms with van der Waals surface area (Å²) >= 11 is 0. The molecule has 0 aliphatic heterocycles. The third-order valence-electron chi connectivity index (χ3n) is 3.67. The minimum atomic E-state index is -0.165. The summed E-state index contributed by atoms with van der Waals surface area (Å²) in [7, 11) is 0. The number of hydrogen-bond donors (Lipinski definition) is 2. The third kappa shape index (κ3) is 3.25. The van der Waals surface area contributed by atoms with E-state index in [2.05, 4.69) is 5.32 Å². The summed E-state index contributed by atoms with van der Waals surface area (Å²) in [6, 6.07) is 5.10. The van der Waals surface area contributed by atoms with Crippen LogP contribution in [0, 0.1) is 12.8 Å². The van der Waals surface area contributed by atoms with E-state index in [0.29, 0.717) is 11.5 Å². The first-order chi connectivity index (χ1) is 8.66. The summed E-state index contributed by atoms with van der Waals surface area (Å²) in [6.07, 6.45) is 6.29. The van der Waals surface area contributed by atoms with Gasteiger partial charge in [0.2, 0.25) is 0 Å². The molecule has 3 heteroatoms. The van der Waals surface area contributed by atoms with Crippen LogP contribution in [0.15, 0.2) is 18.2 Å². The van der Waals surface area contributed by atoms with E-state index in [4.69, 9.17) is 0 Å². The van der Waals surface area contributed by atoms with Gasteiger partial charge in [0.05, 0.1) is 5.56 Å². The molecule has 1 aromatic rings. The monoisotopic (exact) mass is 247 g/mol. The zero-order valence-corrected chi connectivity index (χ0v) is 10.9. The van der Waals surface area contributed by atoms with Crippen LogP contribution in [0.3, 0.4) is 0 Å². The molecule has 2 N–H and O–H groups in total. The number of carbonyl (C=O) groups excluding carboxylic acids is 1. The van der Waals surface area contributed by atoms with Gasteiger partial charge in [0.1, 0.15) is 5.75 Å². The first kappa shape index (κ1) is 12.9. The van der Waals surface area contributed by atoms with Crippen molar-refractivity contribution in [3.8, 4) is 5.75 Å². The number of nitrogens with one attached hydrogen (secondary N) is 1. The summed E-state index contributed by atoms with van der Waals surface area (Å²) in [5.74, 6) is 0.498. The highest BCUT2D eigenvalue weighted by Gasteiger charge is 2.16. The number of amides is 1. The molecule has 0 radical (unpaired) electrons. The van der Waals surface area contributed by atoms with E-state index >= 15 is 0 Å². The zero-order valence-electron chi connectivity index (χ0n) is 10.9. The second-order valence-corrected chi connectivity index (χ2v) is 5.23. The van der Waals surface area contributed by atoms with Gasteiger partial charge in [-0.2, -0.15) is 0 Å². The van der Waals surface area contributed by atoms with Crippen LogP contribution in [-0.2, 0) is 0 Å². The molecule has 0 atom stereocenters. The Morgan fingerprint density at radius 1 is 1.33 bits per heavy atom. The Bertz CT molecular complexity index is 423. The molecule has 1 amide bonds. The van der Waals surface area contributed by atoms with E-state index in [1.54, 1.807) is 18.2 Å². The molecule has 0 heterocycles. The highest BCUT2D eigenvalue weighted by atomic mass is 16.3. The number of aryl methyl sites for hydroxylation is 1. The molecule has 1 saturated carbocycles. The van der Waals surface area contributed by atoms with E-state index < -0.39 is 0 Å². The van der Waals surface area contributed by atoms with Crippen molar-refractivity contribution in [1.82, 2.24) is 5.32 Å². The molecular formula is C15H21NO2. The largest absolute Gasteiger partial charge is 0.507 e. The van der Waals surface area contributed by atoms with Gasteiger partial charge in [-0.05, 0) is 37.8 Å². The van der Waals surface area contributed by atoms with Gasteiger partial charge in [0, 0.05) is 6.54 Å². The molecular weight excluding hydrogens is 226 g/mol. The average molecular weight is 247 g/mol. The van der Waals surface area contributed by atoms with Gasteiger partial charge in [-0.25, -0.2) is 0 Å². The van der Waals surface area contributed by atoms with E-state index in [9.17, 15) is 9.90 Å². The highest BCUT2D eigenvalue weighted by molar-refractivity contribution is 5.96. The van der Waals surface area contributed by atoms with Gasteiger partial charge in [0.15, 0.2) is 0 Å². The van der Waals surface area contributed by atoms with Crippen molar-refractivity contribution in [2.24, 2.45) is 5.92 Å². The Morgan fingerprint density at radius 3 is 2.78 bits per heavy atom. The maximum atomic E-state index is 12.0. The molecule has 1 aliphatic carbocycles. The lowest BCUT2D eigenvalue weighted by molar-refractivity contribution is 0.0941. The zero-order chi connectivity index (χ0) is 13.0. The fourth-order valence-corrected chi connectivity index (χ4v) is 2.56. The molecule has 3 nitrogen and oxygen atoms in total. The minimum absolute atomic E-state index is 0.0572. The topological polar surface area (TPSA) is 49.3 Å². The first-order valence-electron chi connectivity index (χ1n) is 6.74. The smallest absolute Gasteiger partial charge is 0.255 e. The van der Waals surface area contributed by atoms with Gasteiger partial charge in [0.25, 0.3) is 5.91 Å². The standard InChI is InChI=1S/C15H21NO2/c1-11-7-8-14(17)13(9-11)15(18)16-10-12-5-3-2-4-6-12/h7-9,12,17H,2-6,10H2,1H3,(H,16,18). The lowest BCUT2D eigenvalue weighted by Gasteiger charge is -2.21. The van der Waals surface area contributed by atoms with Crippen LogP contribution >= 0.6 is 0 Å². The summed E-state index contributed by atoms with van der Waals surface area (Å²) < 4.78 is 0. The Kier molecular flexibility index (Phi) is 4.24. The minimum Gasteiger partial charge on any atom is -0.507 e. The second-order valence-electron chi connectivity index (χ2n) is 5.23. The van der Waals surface area contributed by atoms with Crippen LogP contribution in [0.5, 0.6) is 5.75 Å². The van der Waals surface area contributed by atoms with Crippen LogP contribution < -0.4 is 5.32 Å². The van der Waals surface area contributed by atoms with Crippen molar-refractivity contribution >= 4 is 5.91 Å². The molecule has 0 bridgehead atoms. The summed E-state index contributed by atoms with van der Waals surface area (Å²) in [6.45, 7) is 2.64. The molecule has 0 spiro atoms. The van der Waals surface area contributed by atoms with Gasteiger partial charge in [-0.15, -0.1) is 0 Å². The normalized spacial score (nSPS) is 16.5. The number of aromatic hydroxyl groups is 1. The quantitative estimate of drug-likeness (QED) is 0.862. The van der Waals surface area contributed by atoms with Gasteiger partial charge in [-0.3, -0.25) is 4.79 Å². The predicted molar refractivity (Wildman–Crippen MR) is 71.8 cm³/mol. The fraction of sp³-hybridized carbons (Fsp3) is 0.533. The number of hydrogen-bond acceptors (Lipinski definition) is 2. The molecule has 0 saturated heterocycles. The number of benzene rings is 1. The molecule has 2 rings (SSSR count). The number of phenols is 1. The Labute approximate surface area is 108 Å². The third-order valence-corrected chi connectivity index (χ3v) is 3.67. The summed E-state index contributed by atoms with van der Waals surface area (Å²) in [5, 5.41) is 12.6. The lowest BCUT2D eigenvalue weighted by atomic mass is 9.89. The van der Waals surface area contributed by atoms with Gasteiger partial charge < -0.3 is 10.4 Å². The molecule has 18 heavy (non-hydrogen) atoms. The maximum Gasteiger partial charge on any atom is 0.255 e. The van der Waals surface area contributed by atoms with Crippen LogP contribution in [0.25, 0.3) is 0 Å².